The molecule has 2 aliphatic rings. The zero-order chi connectivity index (χ0) is 13.1. The molecule has 1 aromatic heterocycles. The molecular formula is C15H23N3O. The molecule has 0 bridgehead atoms. The van der Waals surface area contributed by atoms with Crippen LogP contribution in [0.2, 0.25) is 0 Å². The topological polar surface area (TPSA) is 49.2 Å². The van der Waals surface area contributed by atoms with Crippen LogP contribution in [0, 0.1) is 0 Å². The van der Waals surface area contributed by atoms with E-state index in [4.69, 9.17) is 0 Å². The molecule has 3 rings (SSSR count). The molecule has 1 fully saturated rings. The maximum atomic E-state index is 9.67. The largest absolute Gasteiger partial charge is 0.394 e. The highest BCUT2D eigenvalue weighted by Gasteiger charge is 2.26. The Hall–Kier alpha value is -1.16. The average molecular weight is 261 g/mol. The number of nitrogens with zero attached hydrogens (tertiary/aromatic N) is 3. The predicted molar refractivity (Wildman–Crippen MR) is 75.4 cm³/mol. The van der Waals surface area contributed by atoms with Crippen LogP contribution in [-0.2, 0) is 12.8 Å². The Morgan fingerprint density at radius 2 is 2.00 bits per heavy atom. The average Bonchev–Trinajstić information content (AvgIpc) is 2.71. The first-order valence-corrected chi connectivity index (χ1v) is 7.60. The minimum absolute atomic E-state index is 0.235. The molecule has 0 saturated carbocycles. The third kappa shape index (κ3) is 2.59. The van der Waals surface area contributed by atoms with Crippen molar-refractivity contribution in [3.05, 3.63) is 17.6 Å². The predicted octanol–water partition coefficient (Wildman–Crippen LogP) is 2.10. The maximum absolute atomic E-state index is 9.67. The molecule has 19 heavy (non-hydrogen) atoms. The highest BCUT2D eigenvalue weighted by Crippen LogP contribution is 2.30. The highest BCUT2D eigenvalue weighted by molar-refractivity contribution is 5.50. The van der Waals surface area contributed by atoms with E-state index in [2.05, 4.69) is 14.9 Å². The number of rotatable bonds is 2. The van der Waals surface area contributed by atoms with Gasteiger partial charge in [0.2, 0.25) is 0 Å². The number of anilines is 1. The molecule has 0 amide bonds. The Bertz CT molecular complexity index is 435. The van der Waals surface area contributed by atoms with E-state index in [9.17, 15) is 5.11 Å². The van der Waals surface area contributed by atoms with E-state index in [0.717, 1.165) is 31.6 Å². The minimum Gasteiger partial charge on any atom is -0.394 e. The zero-order valence-electron chi connectivity index (χ0n) is 11.5. The lowest BCUT2D eigenvalue weighted by atomic mass is 9.96. The van der Waals surface area contributed by atoms with Crippen LogP contribution in [0.4, 0.5) is 5.82 Å². The summed E-state index contributed by atoms with van der Waals surface area (Å²) < 4.78 is 0. The van der Waals surface area contributed by atoms with Gasteiger partial charge in [-0.2, -0.15) is 0 Å². The van der Waals surface area contributed by atoms with Gasteiger partial charge in [0, 0.05) is 17.8 Å². The molecule has 1 aliphatic heterocycles. The number of aromatic nitrogens is 2. The van der Waals surface area contributed by atoms with Crippen molar-refractivity contribution in [2.24, 2.45) is 0 Å². The number of fused-ring (bicyclic) bond motifs is 1. The van der Waals surface area contributed by atoms with Crippen LogP contribution in [0.15, 0.2) is 6.33 Å². The standard InChI is InChI=1S/C15H23N3O/c19-10-12-6-2-1-5-9-18(12)15-13-7-3-4-8-14(13)16-11-17-15/h11-12,19H,1-10H2. The van der Waals surface area contributed by atoms with Crippen molar-refractivity contribution in [2.75, 3.05) is 18.1 Å². The molecular weight excluding hydrogens is 238 g/mol. The molecule has 2 heterocycles. The summed E-state index contributed by atoms with van der Waals surface area (Å²) in [5, 5.41) is 9.67. The molecule has 0 spiro atoms. The minimum atomic E-state index is 0.235. The lowest BCUT2D eigenvalue weighted by Crippen LogP contribution is -2.39. The summed E-state index contributed by atoms with van der Waals surface area (Å²) in [5.41, 5.74) is 2.58. The van der Waals surface area contributed by atoms with E-state index in [1.807, 2.05) is 0 Å². The Morgan fingerprint density at radius 1 is 1.11 bits per heavy atom. The van der Waals surface area contributed by atoms with Crippen molar-refractivity contribution in [2.45, 2.75) is 57.4 Å². The van der Waals surface area contributed by atoms with Crippen LogP contribution in [-0.4, -0.2) is 34.3 Å². The van der Waals surface area contributed by atoms with Gasteiger partial charge in [0.1, 0.15) is 12.1 Å². The fraction of sp³-hybridized carbons (Fsp3) is 0.733. The van der Waals surface area contributed by atoms with Crippen LogP contribution < -0.4 is 4.90 Å². The first-order valence-electron chi connectivity index (χ1n) is 7.60. The number of hydrogen-bond acceptors (Lipinski definition) is 4. The van der Waals surface area contributed by atoms with E-state index >= 15 is 0 Å². The fourth-order valence-corrected chi connectivity index (χ4v) is 3.40. The third-order valence-corrected chi connectivity index (χ3v) is 4.46. The van der Waals surface area contributed by atoms with Gasteiger partial charge in [-0.15, -0.1) is 0 Å². The van der Waals surface area contributed by atoms with Gasteiger partial charge in [-0.3, -0.25) is 0 Å². The van der Waals surface area contributed by atoms with E-state index in [1.54, 1.807) is 6.33 Å². The Balaban J connectivity index is 1.95. The van der Waals surface area contributed by atoms with Gasteiger partial charge >= 0.3 is 0 Å². The van der Waals surface area contributed by atoms with E-state index in [1.165, 1.54) is 43.4 Å². The van der Waals surface area contributed by atoms with Crippen molar-refractivity contribution in [3.8, 4) is 0 Å². The Kier molecular flexibility index (Phi) is 3.97. The van der Waals surface area contributed by atoms with E-state index in [-0.39, 0.29) is 12.6 Å². The van der Waals surface area contributed by atoms with Crippen molar-refractivity contribution in [3.63, 3.8) is 0 Å². The van der Waals surface area contributed by atoms with Crippen LogP contribution >= 0.6 is 0 Å². The highest BCUT2D eigenvalue weighted by atomic mass is 16.3. The SMILES string of the molecule is OCC1CCCCCN1c1ncnc2c1CCCC2. The number of aliphatic hydroxyl groups excluding tert-OH is 1. The molecule has 1 N–H and O–H groups in total. The third-order valence-electron chi connectivity index (χ3n) is 4.46. The molecule has 0 radical (unpaired) electrons. The van der Waals surface area contributed by atoms with Gasteiger partial charge in [-0.05, 0) is 38.5 Å². The van der Waals surface area contributed by atoms with Crippen LogP contribution in [0.25, 0.3) is 0 Å². The second kappa shape index (κ2) is 5.87. The lowest BCUT2D eigenvalue weighted by Gasteiger charge is -2.32. The number of aliphatic hydroxyl groups is 1. The van der Waals surface area contributed by atoms with E-state index in [0.29, 0.717) is 0 Å². The molecule has 0 aromatic carbocycles. The summed E-state index contributed by atoms with van der Waals surface area (Å²) in [6.07, 6.45) is 11.1. The Labute approximate surface area is 114 Å². The van der Waals surface area contributed by atoms with Gasteiger partial charge in [0.15, 0.2) is 0 Å². The summed E-state index contributed by atoms with van der Waals surface area (Å²) in [5.74, 6) is 1.10. The van der Waals surface area contributed by atoms with Crippen LogP contribution in [0.1, 0.15) is 49.8 Å². The summed E-state index contributed by atoms with van der Waals surface area (Å²) in [6.45, 7) is 1.26. The molecule has 1 aliphatic carbocycles. The van der Waals surface area contributed by atoms with Gasteiger partial charge < -0.3 is 10.0 Å². The maximum Gasteiger partial charge on any atom is 0.135 e. The molecule has 1 atom stereocenters. The molecule has 1 saturated heterocycles. The first-order chi connectivity index (χ1) is 9.40. The summed E-state index contributed by atoms with van der Waals surface area (Å²) in [4.78, 5) is 11.4. The second-order valence-electron chi connectivity index (χ2n) is 5.71. The monoisotopic (exact) mass is 261 g/mol. The molecule has 4 heteroatoms. The quantitative estimate of drug-likeness (QED) is 0.885. The first kappa shape index (κ1) is 12.9. The Morgan fingerprint density at radius 3 is 2.89 bits per heavy atom. The van der Waals surface area contributed by atoms with Gasteiger partial charge in [0.25, 0.3) is 0 Å². The molecule has 1 aromatic rings. The van der Waals surface area contributed by atoms with Crippen molar-refractivity contribution < 1.29 is 5.11 Å². The summed E-state index contributed by atoms with van der Waals surface area (Å²) >= 11 is 0. The van der Waals surface area contributed by atoms with Crippen molar-refractivity contribution >= 4 is 5.82 Å². The van der Waals surface area contributed by atoms with E-state index < -0.39 is 0 Å². The van der Waals surface area contributed by atoms with Gasteiger partial charge in [-0.25, -0.2) is 9.97 Å². The molecule has 4 nitrogen and oxygen atoms in total. The van der Waals surface area contributed by atoms with Crippen molar-refractivity contribution in [1.82, 2.24) is 9.97 Å². The zero-order valence-corrected chi connectivity index (χ0v) is 11.5. The summed E-state index contributed by atoms with van der Waals surface area (Å²) in [7, 11) is 0. The van der Waals surface area contributed by atoms with Crippen LogP contribution in [0.3, 0.4) is 0 Å². The van der Waals surface area contributed by atoms with Gasteiger partial charge in [0.05, 0.1) is 12.6 Å². The molecule has 104 valence electrons. The number of hydrogen-bond donors (Lipinski definition) is 1. The second-order valence-corrected chi connectivity index (χ2v) is 5.71. The smallest absolute Gasteiger partial charge is 0.135 e. The summed E-state index contributed by atoms with van der Waals surface area (Å²) in [6, 6.07) is 0.239. The van der Waals surface area contributed by atoms with Crippen molar-refractivity contribution in [1.29, 1.82) is 0 Å². The number of aryl methyl sites for hydroxylation is 1. The lowest BCUT2D eigenvalue weighted by molar-refractivity contribution is 0.254. The normalized spacial score (nSPS) is 23.8. The molecule has 1 unspecified atom stereocenters. The van der Waals surface area contributed by atoms with Crippen LogP contribution in [0.5, 0.6) is 0 Å². The fourth-order valence-electron chi connectivity index (χ4n) is 3.40. The van der Waals surface area contributed by atoms with Gasteiger partial charge in [-0.1, -0.05) is 12.8 Å².